The minimum atomic E-state index is -0.963. The van der Waals surface area contributed by atoms with Crippen molar-refractivity contribution in [1.29, 1.82) is 0 Å². The average Bonchev–Trinajstić information content (AvgIpc) is 2.74. The molecule has 1 saturated heterocycles. The highest BCUT2D eigenvalue weighted by atomic mass is 16.4. The zero-order valence-electron chi connectivity index (χ0n) is 10.9. The van der Waals surface area contributed by atoms with Crippen LogP contribution in [0.3, 0.4) is 0 Å². The third-order valence-corrected chi connectivity index (χ3v) is 3.18. The van der Waals surface area contributed by atoms with Crippen LogP contribution in [-0.2, 0) is 6.54 Å². The molecule has 100 valence electrons. The largest absolute Gasteiger partial charge is 0.475 e. The molecule has 2 rings (SSSR count). The van der Waals surface area contributed by atoms with Gasteiger partial charge in [0.25, 0.3) is 0 Å². The predicted molar refractivity (Wildman–Crippen MR) is 67.7 cm³/mol. The van der Waals surface area contributed by atoms with Gasteiger partial charge in [-0.1, -0.05) is 0 Å². The fraction of sp³-hybridized carbons (Fsp3) is 0.667. The molecule has 0 amide bonds. The summed E-state index contributed by atoms with van der Waals surface area (Å²) in [6.45, 7) is 8.69. The van der Waals surface area contributed by atoms with Crippen LogP contribution in [0.2, 0.25) is 0 Å². The lowest BCUT2D eigenvalue weighted by Crippen LogP contribution is -2.43. The first kappa shape index (κ1) is 13.0. The standard InChI is InChI=1S/C12H20N4O2/c1-9(2)16-10(7-14-11(16)12(17)18)8-15-5-3-13-4-6-15/h7,9,13H,3-6,8H2,1-2H3,(H,17,18). The highest BCUT2D eigenvalue weighted by Crippen LogP contribution is 2.16. The summed E-state index contributed by atoms with van der Waals surface area (Å²) in [7, 11) is 0. The number of aromatic nitrogens is 2. The van der Waals surface area contributed by atoms with Crippen LogP contribution < -0.4 is 5.32 Å². The Morgan fingerprint density at radius 3 is 2.72 bits per heavy atom. The maximum atomic E-state index is 11.1. The van der Waals surface area contributed by atoms with E-state index in [0.717, 1.165) is 38.4 Å². The summed E-state index contributed by atoms with van der Waals surface area (Å²) in [5.41, 5.74) is 0.976. The molecule has 2 heterocycles. The summed E-state index contributed by atoms with van der Waals surface area (Å²) in [4.78, 5) is 17.5. The molecule has 6 nitrogen and oxygen atoms in total. The smallest absolute Gasteiger partial charge is 0.372 e. The lowest BCUT2D eigenvalue weighted by Gasteiger charge is -2.27. The molecule has 0 unspecified atom stereocenters. The van der Waals surface area contributed by atoms with Crippen LogP contribution in [0.15, 0.2) is 6.20 Å². The minimum absolute atomic E-state index is 0.108. The number of piperazine rings is 1. The summed E-state index contributed by atoms with van der Waals surface area (Å²) in [6.07, 6.45) is 1.69. The summed E-state index contributed by atoms with van der Waals surface area (Å²) in [5, 5.41) is 12.4. The molecule has 0 spiro atoms. The van der Waals surface area contributed by atoms with Crippen molar-refractivity contribution >= 4 is 5.97 Å². The van der Waals surface area contributed by atoms with Gasteiger partial charge in [-0.25, -0.2) is 9.78 Å². The number of aromatic carboxylic acids is 1. The normalized spacial score (nSPS) is 17.3. The van der Waals surface area contributed by atoms with Crippen LogP contribution in [0.1, 0.15) is 36.2 Å². The molecule has 0 radical (unpaired) electrons. The van der Waals surface area contributed by atoms with Crippen LogP contribution in [0.4, 0.5) is 0 Å². The number of carboxylic acids is 1. The van der Waals surface area contributed by atoms with E-state index in [1.54, 1.807) is 6.20 Å². The van der Waals surface area contributed by atoms with Crippen molar-refractivity contribution in [3.63, 3.8) is 0 Å². The van der Waals surface area contributed by atoms with Crippen LogP contribution in [0.5, 0.6) is 0 Å². The fourth-order valence-electron chi connectivity index (χ4n) is 2.35. The van der Waals surface area contributed by atoms with E-state index in [9.17, 15) is 4.79 Å². The molecule has 1 aliphatic rings. The van der Waals surface area contributed by atoms with Gasteiger partial charge in [-0.15, -0.1) is 0 Å². The zero-order valence-corrected chi connectivity index (χ0v) is 10.9. The van der Waals surface area contributed by atoms with E-state index < -0.39 is 5.97 Å². The number of imidazole rings is 1. The Bertz CT molecular complexity index is 422. The molecule has 1 aromatic rings. The van der Waals surface area contributed by atoms with Crippen LogP contribution in [-0.4, -0.2) is 51.7 Å². The molecular formula is C12H20N4O2. The first-order valence-corrected chi connectivity index (χ1v) is 6.32. The highest BCUT2D eigenvalue weighted by Gasteiger charge is 2.20. The number of hydrogen-bond acceptors (Lipinski definition) is 4. The van der Waals surface area contributed by atoms with Gasteiger partial charge in [-0.3, -0.25) is 4.90 Å². The monoisotopic (exact) mass is 252 g/mol. The Balaban J connectivity index is 2.19. The van der Waals surface area contributed by atoms with E-state index >= 15 is 0 Å². The van der Waals surface area contributed by atoms with Gasteiger partial charge >= 0.3 is 5.97 Å². The predicted octanol–water partition coefficient (Wildman–Crippen LogP) is 0.567. The summed E-state index contributed by atoms with van der Waals surface area (Å²) < 4.78 is 1.81. The molecular weight excluding hydrogens is 232 g/mol. The third kappa shape index (κ3) is 2.70. The molecule has 1 aromatic heterocycles. The topological polar surface area (TPSA) is 70.4 Å². The van der Waals surface area contributed by atoms with Crippen LogP contribution >= 0.6 is 0 Å². The quantitative estimate of drug-likeness (QED) is 0.819. The molecule has 18 heavy (non-hydrogen) atoms. The second-order valence-electron chi connectivity index (χ2n) is 4.87. The van der Waals surface area contributed by atoms with E-state index in [1.165, 1.54) is 0 Å². The van der Waals surface area contributed by atoms with Crippen molar-refractivity contribution < 1.29 is 9.90 Å². The number of carbonyl (C=O) groups is 1. The van der Waals surface area contributed by atoms with Crippen molar-refractivity contribution in [3.05, 3.63) is 17.7 Å². The SMILES string of the molecule is CC(C)n1c(CN2CCNCC2)cnc1C(=O)O. The Morgan fingerprint density at radius 1 is 1.50 bits per heavy atom. The molecule has 0 aliphatic carbocycles. The van der Waals surface area contributed by atoms with E-state index in [2.05, 4.69) is 15.2 Å². The Kier molecular flexibility index (Phi) is 3.98. The van der Waals surface area contributed by atoms with Crippen molar-refractivity contribution in [2.24, 2.45) is 0 Å². The summed E-state index contributed by atoms with van der Waals surface area (Å²) in [6, 6.07) is 0.108. The molecule has 0 aromatic carbocycles. The molecule has 1 fully saturated rings. The lowest BCUT2D eigenvalue weighted by molar-refractivity contribution is 0.0675. The molecule has 0 bridgehead atoms. The third-order valence-electron chi connectivity index (χ3n) is 3.18. The molecule has 0 atom stereocenters. The number of nitrogens with zero attached hydrogens (tertiary/aromatic N) is 3. The van der Waals surface area contributed by atoms with Crippen LogP contribution in [0, 0.1) is 0 Å². The maximum absolute atomic E-state index is 11.1. The fourth-order valence-corrected chi connectivity index (χ4v) is 2.35. The Morgan fingerprint density at radius 2 is 2.17 bits per heavy atom. The molecule has 2 N–H and O–H groups in total. The number of hydrogen-bond donors (Lipinski definition) is 2. The Labute approximate surface area is 107 Å². The highest BCUT2D eigenvalue weighted by molar-refractivity contribution is 5.83. The lowest BCUT2D eigenvalue weighted by atomic mass is 10.3. The maximum Gasteiger partial charge on any atom is 0.372 e. The molecule has 0 saturated carbocycles. The van der Waals surface area contributed by atoms with Crippen LogP contribution in [0.25, 0.3) is 0 Å². The van der Waals surface area contributed by atoms with E-state index in [4.69, 9.17) is 5.11 Å². The van der Waals surface area contributed by atoms with E-state index in [-0.39, 0.29) is 11.9 Å². The van der Waals surface area contributed by atoms with Crippen molar-refractivity contribution in [3.8, 4) is 0 Å². The van der Waals surface area contributed by atoms with Gasteiger partial charge in [0.1, 0.15) is 0 Å². The zero-order chi connectivity index (χ0) is 13.1. The average molecular weight is 252 g/mol. The number of nitrogens with one attached hydrogen (secondary N) is 1. The minimum Gasteiger partial charge on any atom is -0.475 e. The summed E-state index contributed by atoms with van der Waals surface area (Å²) >= 11 is 0. The number of carboxylic acid groups (broad SMARTS) is 1. The van der Waals surface area contributed by atoms with Crippen molar-refractivity contribution in [1.82, 2.24) is 19.8 Å². The van der Waals surface area contributed by atoms with Gasteiger partial charge in [0.05, 0.1) is 11.9 Å². The van der Waals surface area contributed by atoms with E-state index in [1.807, 2.05) is 18.4 Å². The van der Waals surface area contributed by atoms with Gasteiger partial charge in [-0.2, -0.15) is 0 Å². The first-order valence-electron chi connectivity index (χ1n) is 6.32. The first-order chi connectivity index (χ1) is 8.59. The van der Waals surface area contributed by atoms with Gasteiger partial charge in [0, 0.05) is 38.8 Å². The molecule has 6 heteroatoms. The van der Waals surface area contributed by atoms with Gasteiger partial charge in [0.15, 0.2) is 0 Å². The summed E-state index contributed by atoms with van der Waals surface area (Å²) in [5.74, 6) is -0.828. The van der Waals surface area contributed by atoms with Gasteiger partial charge < -0.3 is 15.0 Å². The van der Waals surface area contributed by atoms with Gasteiger partial charge in [0.2, 0.25) is 5.82 Å². The number of rotatable bonds is 4. The second-order valence-corrected chi connectivity index (χ2v) is 4.87. The van der Waals surface area contributed by atoms with E-state index in [0.29, 0.717) is 0 Å². The second kappa shape index (κ2) is 5.49. The van der Waals surface area contributed by atoms with Crippen molar-refractivity contribution in [2.75, 3.05) is 26.2 Å². The molecule has 1 aliphatic heterocycles. The van der Waals surface area contributed by atoms with Crippen molar-refractivity contribution in [2.45, 2.75) is 26.4 Å². The van der Waals surface area contributed by atoms with Gasteiger partial charge in [-0.05, 0) is 13.8 Å². The Hall–Kier alpha value is -1.40.